The minimum Gasteiger partial charge on any atom is -0.487 e. The molecule has 4 nitrogen and oxygen atoms in total. The molecule has 1 amide bonds. The third kappa shape index (κ3) is 4.02. The lowest BCUT2D eigenvalue weighted by molar-refractivity contribution is -0.0423. The fourth-order valence-corrected chi connectivity index (χ4v) is 6.70. The third-order valence-corrected chi connectivity index (χ3v) is 8.51. The first-order chi connectivity index (χ1) is 17.4. The van der Waals surface area contributed by atoms with Crippen LogP contribution >= 0.6 is 11.3 Å². The number of nitrogens with two attached hydrogens (primary N) is 1. The first-order valence-electron chi connectivity index (χ1n) is 12.4. The molecule has 1 aromatic heterocycles. The van der Waals surface area contributed by atoms with Gasteiger partial charge in [-0.05, 0) is 66.6 Å². The van der Waals surface area contributed by atoms with Crippen LogP contribution in [-0.4, -0.2) is 17.6 Å². The molecule has 0 saturated carbocycles. The molecule has 36 heavy (non-hydrogen) atoms. The average molecular weight is 496 g/mol. The smallest absolute Gasteiger partial charge is 0.248 e. The fraction of sp³-hybridized carbons (Fsp3) is 0.258. The standard InChI is InChI=1S/C31H29NO3S/c1-31(2)28-27(21-12-10-20(11-13-21)26-9-6-16-36-26)25(17-19-7-4-3-5-8-19)34-29(28)23-18-22(30(32)33)14-15-24(23)35-31/h3-16,18,25,27-29H,17H2,1-2H3,(H2,32,33)/t25-,27-,28+,29-/m1/s1. The zero-order chi connectivity index (χ0) is 24.9. The van der Waals surface area contributed by atoms with Crippen LogP contribution in [0.1, 0.15) is 52.9 Å². The number of hydrogen-bond acceptors (Lipinski definition) is 4. The van der Waals surface area contributed by atoms with Crippen molar-refractivity contribution in [1.29, 1.82) is 0 Å². The number of thiophene rings is 1. The first kappa shape index (κ1) is 23.0. The van der Waals surface area contributed by atoms with Gasteiger partial charge in [0.25, 0.3) is 0 Å². The highest BCUT2D eigenvalue weighted by atomic mass is 32.1. The molecule has 3 aromatic carbocycles. The molecule has 0 aliphatic carbocycles. The van der Waals surface area contributed by atoms with Crippen molar-refractivity contribution in [1.82, 2.24) is 0 Å². The summed E-state index contributed by atoms with van der Waals surface area (Å²) < 4.78 is 13.5. The second kappa shape index (κ2) is 8.91. The number of ether oxygens (including phenoxy) is 2. The summed E-state index contributed by atoms with van der Waals surface area (Å²) in [6.07, 6.45) is 0.561. The number of carbonyl (C=O) groups is 1. The van der Waals surface area contributed by atoms with Gasteiger partial charge < -0.3 is 15.2 Å². The molecule has 0 unspecified atom stereocenters. The second-order valence-corrected chi connectivity index (χ2v) is 11.2. The van der Waals surface area contributed by atoms with E-state index in [0.29, 0.717) is 5.56 Å². The van der Waals surface area contributed by atoms with Gasteiger partial charge in [0, 0.05) is 27.8 Å². The van der Waals surface area contributed by atoms with Crippen LogP contribution in [-0.2, 0) is 11.2 Å². The van der Waals surface area contributed by atoms with Crippen LogP contribution in [0.3, 0.4) is 0 Å². The molecule has 2 aliphatic heterocycles. The quantitative estimate of drug-likeness (QED) is 0.332. The van der Waals surface area contributed by atoms with E-state index in [2.05, 4.69) is 79.9 Å². The van der Waals surface area contributed by atoms with E-state index in [0.717, 1.165) is 17.7 Å². The van der Waals surface area contributed by atoms with Crippen LogP contribution in [0.5, 0.6) is 5.75 Å². The lowest BCUT2D eigenvalue weighted by Gasteiger charge is -2.43. The number of carbonyl (C=O) groups excluding carboxylic acids is 1. The highest BCUT2D eigenvalue weighted by Gasteiger charge is 2.56. The number of primary amides is 1. The molecule has 1 saturated heterocycles. The second-order valence-electron chi connectivity index (χ2n) is 10.3. The molecular formula is C31H29NO3S. The van der Waals surface area contributed by atoms with Crippen molar-refractivity contribution in [2.75, 3.05) is 0 Å². The van der Waals surface area contributed by atoms with E-state index < -0.39 is 11.5 Å². The van der Waals surface area contributed by atoms with E-state index in [-0.39, 0.29) is 24.0 Å². The van der Waals surface area contributed by atoms with Crippen molar-refractivity contribution in [2.45, 2.75) is 44.0 Å². The summed E-state index contributed by atoms with van der Waals surface area (Å²) in [5.41, 5.74) is 10.2. The summed E-state index contributed by atoms with van der Waals surface area (Å²) in [5.74, 6) is 0.500. The summed E-state index contributed by atoms with van der Waals surface area (Å²) in [4.78, 5) is 13.2. The Bertz CT molecular complexity index is 1380. The van der Waals surface area contributed by atoms with Crippen LogP contribution in [0.25, 0.3) is 10.4 Å². The number of rotatable bonds is 5. The topological polar surface area (TPSA) is 61.5 Å². The van der Waals surface area contributed by atoms with Crippen molar-refractivity contribution in [3.63, 3.8) is 0 Å². The fourth-order valence-electron chi connectivity index (χ4n) is 5.97. The number of amides is 1. The maximum absolute atomic E-state index is 12.0. The highest BCUT2D eigenvalue weighted by molar-refractivity contribution is 7.13. The largest absolute Gasteiger partial charge is 0.487 e. The molecule has 3 heterocycles. The average Bonchev–Trinajstić information content (AvgIpc) is 3.54. The Balaban J connectivity index is 1.44. The maximum atomic E-state index is 12.0. The van der Waals surface area contributed by atoms with Gasteiger partial charge in [-0.2, -0.15) is 0 Å². The molecule has 182 valence electrons. The van der Waals surface area contributed by atoms with Crippen LogP contribution < -0.4 is 10.5 Å². The Morgan fingerprint density at radius 3 is 2.44 bits per heavy atom. The molecule has 0 bridgehead atoms. The van der Waals surface area contributed by atoms with Gasteiger partial charge in [0.1, 0.15) is 11.4 Å². The Morgan fingerprint density at radius 2 is 1.75 bits per heavy atom. The molecule has 0 spiro atoms. The Kier molecular flexibility index (Phi) is 5.70. The lowest BCUT2D eigenvalue weighted by atomic mass is 9.69. The van der Waals surface area contributed by atoms with Crippen molar-refractivity contribution in [2.24, 2.45) is 11.7 Å². The van der Waals surface area contributed by atoms with E-state index in [1.807, 2.05) is 18.2 Å². The zero-order valence-electron chi connectivity index (χ0n) is 20.4. The van der Waals surface area contributed by atoms with Crippen molar-refractivity contribution < 1.29 is 14.3 Å². The SMILES string of the molecule is CC1(C)Oc2ccc(C(N)=O)cc2[C@H]2O[C@H](Cc3ccccc3)[C@@H](c3ccc(-c4cccs4)cc3)[C@@H]21. The summed E-state index contributed by atoms with van der Waals surface area (Å²) in [5, 5.41) is 2.11. The van der Waals surface area contributed by atoms with Crippen LogP contribution in [0.2, 0.25) is 0 Å². The van der Waals surface area contributed by atoms with Gasteiger partial charge in [-0.1, -0.05) is 60.7 Å². The minimum atomic E-state index is -0.464. The Labute approximate surface area is 215 Å². The van der Waals surface area contributed by atoms with Crippen LogP contribution in [0.15, 0.2) is 90.3 Å². The van der Waals surface area contributed by atoms with Gasteiger partial charge in [-0.15, -0.1) is 11.3 Å². The number of hydrogen-bond donors (Lipinski definition) is 1. The first-order valence-corrected chi connectivity index (χ1v) is 13.2. The third-order valence-electron chi connectivity index (χ3n) is 7.59. The summed E-state index contributed by atoms with van der Waals surface area (Å²) >= 11 is 1.75. The van der Waals surface area contributed by atoms with Crippen molar-refractivity contribution in [3.8, 4) is 16.2 Å². The summed E-state index contributed by atoms with van der Waals surface area (Å²) in [7, 11) is 0. The molecule has 2 aliphatic rings. The molecule has 5 heteroatoms. The van der Waals surface area contributed by atoms with Gasteiger partial charge >= 0.3 is 0 Å². The van der Waals surface area contributed by atoms with Gasteiger partial charge in [0.15, 0.2) is 0 Å². The van der Waals surface area contributed by atoms with Crippen molar-refractivity contribution >= 4 is 17.2 Å². The van der Waals surface area contributed by atoms with E-state index >= 15 is 0 Å². The molecule has 2 N–H and O–H groups in total. The molecule has 4 aromatic rings. The highest BCUT2D eigenvalue weighted by Crippen LogP contribution is 2.58. The van der Waals surface area contributed by atoms with Gasteiger partial charge in [0.2, 0.25) is 5.91 Å². The molecule has 1 fully saturated rings. The lowest BCUT2D eigenvalue weighted by Crippen LogP contribution is -2.45. The summed E-state index contributed by atoms with van der Waals surface area (Å²) in [6.45, 7) is 4.30. The Morgan fingerprint density at radius 1 is 0.972 bits per heavy atom. The molecule has 4 atom stereocenters. The zero-order valence-corrected chi connectivity index (χ0v) is 21.2. The van der Waals surface area contributed by atoms with E-state index in [1.54, 1.807) is 17.4 Å². The minimum absolute atomic E-state index is 0.0407. The monoisotopic (exact) mass is 495 g/mol. The van der Waals surface area contributed by atoms with Crippen LogP contribution in [0.4, 0.5) is 0 Å². The Hall–Kier alpha value is -3.41. The summed E-state index contributed by atoms with van der Waals surface area (Å²) in [6, 6.07) is 29.1. The van der Waals surface area contributed by atoms with Crippen molar-refractivity contribution in [3.05, 3.63) is 113 Å². The van der Waals surface area contributed by atoms with E-state index in [9.17, 15) is 4.79 Å². The maximum Gasteiger partial charge on any atom is 0.248 e. The number of fused-ring (bicyclic) bond motifs is 3. The van der Waals surface area contributed by atoms with Gasteiger partial charge in [-0.25, -0.2) is 0 Å². The van der Waals surface area contributed by atoms with Gasteiger partial charge in [-0.3, -0.25) is 4.79 Å². The molecule has 0 radical (unpaired) electrons. The predicted molar refractivity (Wildman–Crippen MR) is 143 cm³/mol. The number of benzene rings is 3. The van der Waals surface area contributed by atoms with Gasteiger partial charge in [0.05, 0.1) is 12.2 Å². The van der Waals surface area contributed by atoms with Crippen LogP contribution in [0, 0.1) is 5.92 Å². The predicted octanol–water partition coefficient (Wildman–Crippen LogP) is 6.77. The van der Waals surface area contributed by atoms with E-state index in [4.69, 9.17) is 15.2 Å². The molecule has 6 rings (SSSR count). The van der Waals surface area contributed by atoms with E-state index in [1.165, 1.54) is 21.6 Å². The molecular weight excluding hydrogens is 466 g/mol. The normalized spacial score (nSPS) is 23.9.